The average molecular weight is 442 g/mol. The average Bonchev–Trinajstić information content (AvgIpc) is 3.41. The van der Waals surface area contributed by atoms with E-state index in [1.807, 2.05) is 29.4 Å². The molecule has 2 aliphatic rings. The number of nitrogens with zero attached hydrogens (tertiary/aromatic N) is 6. The van der Waals surface area contributed by atoms with Gasteiger partial charge in [0.05, 0.1) is 17.1 Å². The van der Waals surface area contributed by atoms with Gasteiger partial charge in [-0.2, -0.15) is 5.10 Å². The van der Waals surface area contributed by atoms with E-state index in [0.29, 0.717) is 23.9 Å². The number of hydrogen-bond acceptors (Lipinski definition) is 6. The predicted octanol–water partition coefficient (Wildman–Crippen LogP) is 4.09. The van der Waals surface area contributed by atoms with Crippen molar-refractivity contribution < 1.29 is 4.74 Å². The number of pyridine rings is 1. The molecule has 1 aromatic carbocycles. The van der Waals surface area contributed by atoms with E-state index in [0.717, 1.165) is 45.9 Å². The van der Waals surface area contributed by atoms with Gasteiger partial charge >= 0.3 is 0 Å². The van der Waals surface area contributed by atoms with Crippen molar-refractivity contribution in [3.8, 4) is 28.3 Å². The van der Waals surface area contributed by atoms with Gasteiger partial charge in [-0.1, -0.05) is 29.0 Å². The number of rotatable bonds is 2. The van der Waals surface area contributed by atoms with Crippen molar-refractivity contribution in [1.82, 2.24) is 29.8 Å². The highest BCUT2D eigenvalue weighted by molar-refractivity contribution is 5.71. The molecule has 0 radical (unpaired) electrons. The minimum Gasteiger partial charge on any atom is -0.482 e. The van der Waals surface area contributed by atoms with Gasteiger partial charge in [0, 0.05) is 54.7 Å². The molecule has 6 rings (SSSR count). The molecule has 0 amide bonds. The maximum Gasteiger partial charge on any atom is 0.166 e. The summed E-state index contributed by atoms with van der Waals surface area (Å²) in [7, 11) is 1.96. The number of aromatic nitrogens is 6. The Morgan fingerprint density at radius 3 is 2.88 bits per heavy atom. The fraction of sp³-hybridized carbons (Fsp3) is 0.360. The SMILES string of the molecule is Cc1ccc2c(c1)C(C)Oc1cc(cnc1N)-c1c(nnn1CC1CC1)Cc1cn(C)nc1-2. The first-order valence-electron chi connectivity index (χ1n) is 11.4. The molecule has 1 saturated carbocycles. The Morgan fingerprint density at radius 2 is 2.06 bits per heavy atom. The third-order valence-corrected chi connectivity index (χ3v) is 6.55. The maximum absolute atomic E-state index is 6.41. The van der Waals surface area contributed by atoms with Crippen molar-refractivity contribution in [3.05, 3.63) is 59.0 Å². The van der Waals surface area contributed by atoms with Crippen LogP contribution < -0.4 is 10.5 Å². The van der Waals surface area contributed by atoms with Gasteiger partial charge in [0.25, 0.3) is 0 Å². The summed E-state index contributed by atoms with van der Waals surface area (Å²) in [5.41, 5.74) is 14.4. The van der Waals surface area contributed by atoms with Gasteiger partial charge in [0.1, 0.15) is 6.10 Å². The Balaban J connectivity index is 1.60. The second-order valence-corrected chi connectivity index (χ2v) is 9.32. The van der Waals surface area contributed by atoms with E-state index < -0.39 is 0 Å². The van der Waals surface area contributed by atoms with Crippen LogP contribution in [0.2, 0.25) is 0 Å². The van der Waals surface area contributed by atoms with Crippen LogP contribution in [0.15, 0.2) is 36.7 Å². The highest BCUT2D eigenvalue weighted by Crippen LogP contribution is 2.39. The Morgan fingerprint density at radius 1 is 1.21 bits per heavy atom. The summed E-state index contributed by atoms with van der Waals surface area (Å²) in [4.78, 5) is 4.47. The van der Waals surface area contributed by atoms with E-state index in [1.165, 1.54) is 18.4 Å². The number of aryl methyl sites for hydroxylation is 2. The number of anilines is 1. The van der Waals surface area contributed by atoms with Crippen molar-refractivity contribution in [2.75, 3.05) is 5.73 Å². The van der Waals surface area contributed by atoms with Crippen molar-refractivity contribution in [2.24, 2.45) is 13.0 Å². The maximum atomic E-state index is 6.41. The zero-order valence-electron chi connectivity index (χ0n) is 19.1. The Kier molecular flexibility index (Phi) is 4.50. The summed E-state index contributed by atoms with van der Waals surface area (Å²) in [6.07, 6.45) is 6.75. The van der Waals surface area contributed by atoms with Gasteiger partial charge in [0.15, 0.2) is 11.6 Å². The second kappa shape index (κ2) is 7.43. The fourth-order valence-electron chi connectivity index (χ4n) is 4.70. The molecule has 33 heavy (non-hydrogen) atoms. The first kappa shape index (κ1) is 20.0. The lowest BCUT2D eigenvalue weighted by atomic mass is 9.94. The molecule has 0 saturated heterocycles. The van der Waals surface area contributed by atoms with Gasteiger partial charge in [-0.3, -0.25) is 4.68 Å². The van der Waals surface area contributed by atoms with Crippen LogP contribution in [0.5, 0.6) is 5.75 Å². The van der Waals surface area contributed by atoms with Crippen molar-refractivity contribution in [1.29, 1.82) is 0 Å². The highest BCUT2D eigenvalue weighted by atomic mass is 16.5. The molecular weight excluding hydrogens is 414 g/mol. The van der Waals surface area contributed by atoms with Gasteiger partial charge < -0.3 is 10.5 Å². The zero-order valence-corrected chi connectivity index (χ0v) is 19.1. The van der Waals surface area contributed by atoms with E-state index >= 15 is 0 Å². The summed E-state index contributed by atoms with van der Waals surface area (Å²) in [6.45, 7) is 4.99. The number of hydrogen-bond donors (Lipinski definition) is 1. The molecule has 3 aromatic heterocycles. The highest BCUT2D eigenvalue weighted by Gasteiger charge is 2.28. The first-order valence-corrected chi connectivity index (χ1v) is 11.4. The standard InChI is InChI=1S/C25H27N7O/c1-14-4-7-19-20(8-14)15(2)33-22-10-17(11-27-25(22)26)24-21(9-18-13-31(3)29-23(18)19)28-30-32(24)12-16-5-6-16/h4,7-8,10-11,13,15-16H,5-6,9,12H2,1-3H3,(H2,26,27). The van der Waals surface area contributed by atoms with Crippen molar-refractivity contribution >= 4 is 5.82 Å². The van der Waals surface area contributed by atoms with Crippen LogP contribution in [0.4, 0.5) is 5.82 Å². The number of nitrogen functional groups attached to an aromatic ring is 1. The van der Waals surface area contributed by atoms with Crippen LogP contribution in [-0.2, 0) is 20.0 Å². The number of ether oxygens (including phenoxy) is 1. The molecule has 8 heteroatoms. The predicted molar refractivity (Wildman–Crippen MR) is 126 cm³/mol. The molecule has 1 fully saturated rings. The molecule has 4 heterocycles. The summed E-state index contributed by atoms with van der Waals surface area (Å²) in [5.74, 6) is 1.61. The minimum atomic E-state index is -0.234. The van der Waals surface area contributed by atoms with Crippen molar-refractivity contribution in [2.45, 2.75) is 45.8 Å². The van der Waals surface area contributed by atoms with Gasteiger partial charge in [-0.15, -0.1) is 5.10 Å². The lowest BCUT2D eigenvalue weighted by Gasteiger charge is -2.21. The zero-order chi connectivity index (χ0) is 22.7. The molecule has 8 nitrogen and oxygen atoms in total. The smallest absolute Gasteiger partial charge is 0.166 e. The van der Waals surface area contributed by atoms with Crippen molar-refractivity contribution in [3.63, 3.8) is 0 Å². The van der Waals surface area contributed by atoms with E-state index in [-0.39, 0.29) is 6.10 Å². The van der Waals surface area contributed by atoms with Crippen LogP contribution in [-0.4, -0.2) is 29.8 Å². The molecule has 4 aromatic rings. The van der Waals surface area contributed by atoms with Crippen LogP contribution in [0.1, 0.15) is 48.3 Å². The lowest BCUT2D eigenvalue weighted by molar-refractivity contribution is 0.228. The second-order valence-electron chi connectivity index (χ2n) is 9.32. The Bertz CT molecular complexity index is 1370. The summed E-state index contributed by atoms with van der Waals surface area (Å²) in [5, 5.41) is 14.0. The number of fused-ring (bicyclic) bond motifs is 7. The largest absolute Gasteiger partial charge is 0.482 e. The monoisotopic (exact) mass is 441 g/mol. The number of nitrogens with two attached hydrogens (primary N) is 1. The van der Waals surface area contributed by atoms with Crippen LogP contribution in [0.3, 0.4) is 0 Å². The molecule has 2 N–H and O–H groups in total. The quantitative estimate of drug-likeness (QED) is 0.503. The molecule has 2 bridgehead atoms. The minimum absolute atomic E-state index is 0.234. The van der Waals surface area contributed by atoms with E-state index in [1.54, 1.807) is 6.20 Å². The lowest BCUT2D eigenvalue weighted by Crippen LogP contribution is -2.10. The van der Waals surface area contributed by atoms with Crippen LogP contribution in [0.25, 0.3) is 22.5 Å². The van der Waals surface area contributed by atoms with Gasteiger partial charge in [-0.25, -0.2) is 9.67 Å². The topological polar surface area (TPSA) is 96.7 Å². The van der Waals surface area contributed by atoms with E-state index in [4.69, 9.17) is 15.6 Å². The Labute approximate surface area is 192 Å². The Hall–Kier alpha value is -3.68. The molecule has 1 aliphatic carbocycles. The molecule has 168 valence electrons. The fourth-order valence-corrected chi connectivity index (χ4v) is 4.70. The van der Waals surface area contributed by atoms with Crippen LogP contribution in [0, 0.1) is 12.8 Å². The summed E-state index contributed by atoms with van der Waals surface area (Å²) >= 11 is 0. The van der Waals surface area contributed by atoms with Crippen LogP contribution >= 0.6 is 0 Å². The number of benzene rings is 1. The van der Waals surface area contributed by atoms with E-state index in [2.05, 4.69) is 46.6 Å². The summed E-state index contributed by atoms with van der Waals surface area (Å²) in [6, 6.07) is 8.38. The molecule has 0 spiro atoms. The molecular formula is C25H27N7O. The van der Waals surface area contributed by atoms with E-state index in [9.17, 15) is 0 Å². The van der Waals surface area contributed by atoms with Gasteiger partial charge in [-0.05, 0) is 38.7 Å². The molecule has 1 unspecified atom stereocenters. The summed E-state index contributed by atoms with van der Waals surface area (Å²) < 4.78 is 10.3. The normalized spacial score (nSPS) is 17.2. The molecule has 1 atom stereocenters. The molecule has 1 aliphatic heterocycles. The van der Waals surface area contributed by atoms with Gasteiger partial charge in [0.2, 0.25) is 0 Å². The third-order valence-electron chi connectivity index (χ3n) is 6.55. The first-order chi connectivity index (χ1) is 16.0. The third kappa shape index (κ3) is 3.55.